The average molecular weight is 310 g/mol. The number of ether oxygens (including phenoxy) is 2. The predicted molar refractivity (Wildman–Crippen MR) is 85.3 cm³/mol. The van der Waals surface area contributed by atoms with Crippen LogP contribution in [0.1, 0.15) is 36.0 Å². The molecule has 3 rings (SSSR count). The molecule has 0 radical (unpaired) electrons. The number of carbonyl (C=O) groups is 2. The Morgan fingerprint density at radius 2 is 1.96 bits per heavy atom. The summed E-state index contributed by atoms with van der Waals surface area (Å²) in [6.45, 7) is 2.18. The first-order valence-electron chi connectivity index (χ1n) is 7.74. The topological polar surface area (TPSA) is 52.6 Å². The molecule has 0 bridgehead atoms. The van der Waals surface area contributed by atoms with Crippen LogP contribution in [-0.2, 0) is 20.7 Å². The van der Waals surface area contributed by atoms with E-state index in [1.165, 1.54) is 0 Å². The van der Waals surface area contributed by atoms with E-state index >= 15 is 0 Å². The summed E-state index contributed by atoms with van der Waals surface area (Å²) in [5, 5.41) is 0. The third-order valence-corrected chi connectivity index (χ3v) is 3.89. The Morgan fingerprint density at radius 3 is 2.70 bits per heavy atom. The Labute approximate surface area is 135 Å². The van der Waals surface area contributed by atoms with Crippen LogP contribution in [0.25, 0.3) is 0 Å². The lowest BCUT2D eigenvalue weighted by atomic mass is 9.91. The molecule has 23 heavy (non-hydrogen) atoms. The van der Waals surface area contributed by atoms with Gasteiger partial charge in [0.15, 0.2) is 0 Å². The van der Waals surface area contributed by atoms with Crippen LogP contribution in [0.2, 0.25) is 0 Å². The van der Waals surface area contributed by atoms with Crippen LogP contribution in [-0.4, -0.2) is 18.5 Å². The molecule has 2 aromatic carbocycles. The highest BCUT2D eigenvalue weighted by atomic mass is 16.5. The number of hydrogen-bond acceptors (Lipinski definition) is 4. The zero-order valence-corrected chi connectivity index (χ0v) is 13.0. The summed E-state index contributed by atoms with van der Waals surface area (Å²) in [4.78, 5) is 23.7. The van der Waals surface area contributed by atoms with Gasteiger partial charge in [-0.2, -0.15) is 0 Å². The minimum absolute atomic E-state index is 0.208. The van der Waals surface area contributed by atoms with Gasteiger partial charge >= 0.3 is 11.9 Å². The van der Waals surface area contributed by atoms with E-state index < -0.39 is 5.92 Å². The van der Waals surface area contributed by atoms with Gasteiger partial charge in [0.2, 0.25) is 0 Å². The Balaban J connectivity index is 1.83. The first-order valence-corrected chi connectivity index (χ1v) is 7.74. The maximum Gasteiger partial charge on any atom is 0.323 e. The van der Waals surface area contributed by atoms with E-state index in [-0.39, 0.29) is 11.9 Å². The molecule has 2 aromatic rings. The molecule has 0 spiro atoms. The molecule has 0 aliphatic carbocycles. The Hall–Kier alpha value is -2.62. The smallest absolute Gasteiger partial charge is 0.323 e. The van der Waals surface area contributed by atoms with Crippen molar-refractivity contribution >= 4 is 11.9 Å². The summed E-state index contributed by atoms with van der Waals surface area (Å²) in [7, 11) is 0. The van der Waals surface area contributed by atoms with E-state index in [4.69, 9.17) is 9.47 Å². The minimum Gasteiger partial charge on any atom is -0.466 e. The number of esters is 2. The molecule has 0 amide bonds. The molecule has 1 heterocycles. The molecule has 0 N–H and O–H groups in total. The molecular formula is C19H18O4. The summed E-state index contributed by atoms with van der Waals surface area (Å²) >= 11 is 0. The normalized spacial score (nSPS) is 15.9. The molecule has 0 saturated heterocycles. The first-order chi connectivity index (χ1) is 11.2. The van der Waals surface area contributed by atoms with Gasteiger partial charge in [-0.3, -0.25) is 9.59 Å². The Bertz CT molecular complexity index is 721. The molecule has 4 heteroatoms. The van der Waals surface area contributed by atoms with Gasteiger partial charge in [0, 0.05) is 12.0 Å². The van der Waals surface area contributed by atoms with Crippen molar-refractivity contribution in [3.05, 3.63) is 65.2 Å². The summed E-state index contributed by atoms with van der Waals surface area (Å²) < 4.78 is 10.3. The summed E-state index contributed by atoms with van der Waals surface area (Å²) in [5.74, 6) is -0.258. The molecule has 1 unspecified atom stereocenters. The van der Waals surface area contributed by atoms with Crippen LogP contribution in [0.3, 0.4) is 0 Å². The van der Waals surface area contributed by atoms with Gasteiger partial charge in [0.05, 0.1) is 6.61 Å². The van der Waals surface area contributed by atoms with E-state index in [0.29, 0.717) is 25.2 Å². The molecule has 1 aliphatic heterocycles. The van der Waals surface area contributed by atoms with E-state index in [9.17, 15) is 9.59 Å². The van der Waals surface area contributed by atoms with Crippen LogP contribution >= 0.6 is 0 Å². The second-order valence-electron chi connectivity index (χ2n) is 5.44. The fraction of sp³-hybridized carbons (Fsp3) is 0.263. The highest BCUT2D eigenvalue weighted by Crippen LogP contribution is 2.39. The molecule has 1 aliphatic rings. The first kappa shape index (κ1) is 15.3. The van der Waals surface area contributed by atoms with Gasteiger partial charge in [-0.25, -0.2) is 0 Å². The number of hydrogen-bond donors (Lipinski definition) is 0. The molecule has 118 valence electrons. The average Bonchev–Trinajstić information content (AvgIpc) is 2.89. The van der Waals surface area contributed by atoms with Crippen molar-refractivity contribution in [2.75, 3.05) is 6.61 Å². The highest BCUT2D eigenvalue weighted by Gasteiger charge is 2.34. The van der Waals surface area contributed by atoms with Crippen molar-refractivity contribution in [1.82, 2.24) is 0 Å². The largest absolute Gasteiger partial charge is 0.466 e. The third-order valence-electron chi connectivity index (χ3n) is 3.89. The standard InChI is InChI=1S/C19H18O4/c1-2-22-17(20)11-9-13-8-10-16-15(12-13)18(19(21)23-16)14-6-4-3-5-7-14/h3-8,10,12,18H,2,9,11H2,1H3. The van der Waals surface area contributed by atoms with Gasteiger partial charge in [-0.15, -0.1) is 0 Å². The zero-order valence-electron chi connectivity index (χ0n) is 13.0. The molecule has 1 atom stereocenters. The summed E-state index contributed by atoms with van der Waals surface area (Å²) in [5.41, 5.74) is 2.78. The lowest BCUT2D eigenvalue weighted by Gasteiger charge is -2.09. The number of aryl methyl sites for hydroxylation is 1. The maximum absolute atomic E-state index is 12.2. The van der Waals surface area contributed by atoms with Crippen molar-refractivity contribution in [3.8, 4) is 5.75 Å². The molecular weight excluding hydrogens is 292 g/mol. The SMILES string of the molecule is CCOC(=O)CCc1ccc2c(c1)C(c1ccccc1)C(=O)O2. The zero-order chi connectivity index (χ0) is 16.2. The van der Waals surface area contributed by atoms with Crippen LogP contribution in [0.5, 0.6) is 5.75 Å². The lowest BCUT2D eigenvalue weighted by molar-refractivity contribution is -0.143. The monoisotopic (exact) mass is 310 g/mol. The quantitative estimate of drug-likeness (QED) is 0.628. The number of carbonyl (C=O) groups excluding carboxylic acids is 2. The fourth-order valence-electron chi connectivity index (χ4n) is 2.81. The van der Waals surface area contributed by atoms with Crippen LogP contribution < -0.4 is 4.74 Å². The van der Waals surface area contributed by atoms with Crippen LogP contribution in [0.15, 0.2) is 48.5 Å². The van der Waals surface area contributed by atoms with Gasteiger partial charge in [0.25, 0.3) is 0 Å². The number of fused-ring (bicyclic) bond motifs is 1. The van der Waals surface area contributed by atoms with Crippen molar-refractivity contribution in [2.24, 2.45) is 0 Å². The second-order valence-corrected chi connectivity index (χ2v) is 5.44. The molecule has 0 fully saturated rings. The van der Waals surface area contributed by atoms with E-state index in [2.05, 4.69) is 0 Å². The van der Waals surface area contributed by atoms with Gasteiger partial charge < -0.3 is 9.47 Å². The van der Waals surface area contributed by atoms with Crippen molar-refractivity contribution in [1.29, 1.82) is 0 Å². The summed E-state index contributed by atoms with van der Waals surface area (Å²) in [6, 6.07) is 15.2. The number of rotatable bonds is 5. The van der Waals surface area contributed by atoms with Gasteiger partial charge in [0.1, 0.15) is 11.7 Å². The molecule has 0 saturated carbocycles. The van der Waals surface area contributed by atoms with Gasteiger partial charge in [-0.1, -0.05) is 42.5 Å². The Kier molecular flexibility index (Phi) is 4.42. The predicted octanol–water partition coefficient (Wildman–Crippen LogP) is 3.23. The Morgan fingerprint density at radius 1 is 1.17 bits per heavy atom. The van der Waals surface area contributed by atoms with E-state index in [0.717, 1.165) is 16.7 Å². The van der Waals surface area contributed by atoms with Crippen LogP contribution in [0, 0.1) is 0 Å². The molecule has 0 aromatic heterocycles. The van der Waals surface area contributed by atoms with Crippen molar-refractivity contribution in [3.63, 3.8) is 0 Å². The van der Waals surface area contributed by atoms with Gasteiger partial charge in [-0.05, 0) is 30.5 Å². The maximum atomic E-state index is 12.2. The van der Waals surface area contributed by atoms with Crippen molar-refractivity contribution in [2.45, 2.75) is 25.7 Å². The van der Waals surface area contributed by atoms with Crippen LogP contribution in [0.4, 0.5) is 0 Å². The highest BCUT2D eigenvalue weighted by molar-refractivity contribution is 5.89. The molecule has 4 nitrogen and oxygen atoms in total. The van der Waals surface area contributed by atoms with E-state index in [1.807, 2.05) is 42.5 Å². The minimum atomic E-state index is -0.395. The van der Waals surface area contributed by atoms with Crippen molar-refractivity contribution < 1.29 is 19.1 Å². The fourth-order valence-corrected chi connectivity index (χ4v) is 2.81. The summed E-state index contributed by atoms with van der Waals surface area (Å²) in [6.07, 6.45) is 0.916. The number of benzene rings is 2. The van der Waals surface area contributed by atoms with E-state index in [1.54, 1.807) is 13.0 Å². The third kappa shape index (κ3) is 3.26. The second kappa shape index (κ2) is 6.65. The lowest BCUT2D eigenvalue weighted by Crippen LogP contribution is -2.11.